The van der Waals surface area contributed by atoms with Gasteiger partial charge < -0.3 is 10.3 Å². The third-order valence-corrected chi connectivity index (χ3v) is 4.74. The molecule has 2 heterocycles. The molecule has 1 aliphatic carbocycles. The average molecular weight is 289 g/mol. The Bertz CT molecular complexity index is 496. The number of hydrogen-bond acceptors (Lipinski definition) is 5. The molecule has 0 amide bonds. The molecule has 1 aromatic heterocycles. The summed E-state index contributed by atoms with van der Waals surface area (Å²) in [6, 6.07) is 0.620. The van der Waals surface area contributed by atoms with Gasteiger partial charge in [0.05, 0.1) is 0 Å². The molecule has 21 heavy (non-hydrogen) atoms. The Morgan fingerprint density at radius 2 is 2.05 bits per heavy atom. The summed E-state index contributed by atoms with van der Waals surface area (Å²) in [5, 5.41) is 0. The number of hydrazine groups is 1. The number of aromatic nitrogens is 2. The van der Waals surface area contributed by atoms with Crippen molar-refractivity contribution in [1.29, 1.82) is 0 Å². The summed E-state index contributed by atoms with van der Waals surface area (Å²) in [5.41, 5.74) is 3.85. The Kier molecular flexibility index (Phi) is 4.29. The van der Waals surface area contributed by atoms with Gasteiger partial charge in [0.15, 0.2) is 0 Å². The van der Waals surface area contributed by atoms with Crippen LogP contribution in [0.1, 0.15) is 69.2 Å². The number of anilines is 2. The van der Waals surface area contributed by atoms with Crippen LogP contribution in [0.3, 0.4) is 0 Å². The van der Waals surface area contributed by atoms with Crippen LogP contribution in [0.15, 0.2) is 0 Å². The summed E-state index contributed by atoms with van der Waals surface area (Å²) < 4.78 is 0. The van der Waals surface area contributed by atoms with E-state index in [2.05, 4.69) is 29.2 Å². The minimum absolute atomic E-state index is 0.547. The largest absolute Gasteiger partial charge is 0.353 e. The lowest BCUT2D eigenvalue weighted by atomic mass is 9.97. The quantitative estimate of drug-likeness (QED) is 0.644. The third kappa shape index (κ3) is 2.98. The number of nitrogens with one attached hydrogen (secondary N) is 1. The standard InChI is InChI=1S/C16H27N5/c1-3-6-13-7-4-5-10-21(13)16-11(2)14(20-17)18-15(19-16)12-8-9-12/h12-13H,3-10,17H2,1-2H3,(H,18,19,20). The highest BCUT2D eigenvalue weighted by Crippen LogP contribution is 2.40. The van der Waals surface area contributed by atoms with Gasteiger partial charge in [0, 0.05) is 24.1 Å². The Morgan fingerprint density at radius 1 is 1.24 bits per heavy atom. The monoisotopic (exact) mass is 289 g/mol. The predicted molar refractivity (Wildman–Crippen MR) is 86.4 cm³/mol. The maximum absolute atomic E-state index is 5.67. The Hall–Kier alpha value is -1.36. The van der Waals surface area contributed by atoms with Crippen molar-refractivity contribution >= 4 is 11.6 Å². The van der Waals surface area contributed by atoms with Crippen LogP contribution in [0, 0.1) is 6.92 Å². The van der Waals surface area contributed by atoms with E-state index in [4.69, 9.17) is 10.8 Å². The maximum atomic E-state index is 5.67. The molecule has 3 N–H and O–H groups in total. The van der Waals surface area contributed by atoms with E-state index in [1.165, 1.54) is 44.9 Å². The lowest BCUT2D eigenvalue weighted by Crippen LogP contribution is -2.40. The Morgan fingerprint density at radius 3 is 2.71 bits per heavy atom. The molecule has 5 heteroatoms. The van der Waals surface area contributed by atoms with Crippen LogP contribution < -0.4 is 16.2 Å². The summed E-state index contributed by atoms with van der Waals surface area (Å²) in [5.74, 6) is 9.10. The fourth-order valence-corrected chi connectivity index (χ4v) is 3.38. The molecule has 0 spiro atoms. The number of rotatable bonds is 5. The molecule has 1 unspecified atom stereocenters. The van der Waals surface area contributed by atoms with E-state index in [1.807, 2.05) is 0 Å². The number of piperidine rings is 1. The van der Waals surface area contributed by atoms with Gasteiger partial charge >= 0.3 is 0 Å². The molecule has 1 aromatic rings. The number of nitrogens with zero attached hydrogens (tertiary/aromatic N) is 3. The van der Waals surface area contributed by atoms with Gasteiger partial charge in [-0.25, -0.2) is 15.8 Å². The second kappa shape index (κ2) is 6.18. The van der Waals surface area contributed by atoms with E-state index in [9.17, 15) is 0 Å². The molecule has 1 saturated heterocycles. The van der Waals surface area contributed by atoms with E-state index in [-0.39, 0.29) is 0 Å². The lowest BCUT2D eigenvalue weighted by molar-refractivity contribution is 0.430. The predicted octanol–water partition coefficient (Wildman–Crippen LogP) is 3.11. The fraction of sp³-hybridized carbons (Fsp3) is 0.750. The van der Waals surface area contributed by atoms with E-state index in [0.29, 0.717) is 12.0 Å². The van der Waals surface area contributed by atoms with Gasteiger partial charge in [-0.3, -0.25) is 0 Å². The van der Waals surface area contributed by atoms with Gasteiger partial charge in [0.25, 0.3) is 0 Å². The first-order valence-electron chi connectivity index (χ1n) is 8.36. The summed E-state index contributed by atoms with van der Waals surface area (Å²) in [6.07, 6.45) is 8.77. The van der Waals surface area contributed by atoms with Crippen LogP contribution in [-0.2, 0) is 0 Å². The molecule has 1 saturated carbocycles. The highest BCUT2D eigenvalue weighted by atomic mass is 15.3. The minimum atomic E-state index is 0.547. The van der Waals surface area contributed by atoms with Crippen LogP contribution in [0.5, 0.6) is 0 Å². The molecule has 2 aliphatic rings. The molecule has 0 bridgehead atoms. The number of nitrogens with two attached hydrogens (primary N) is 1. The summed E-state index contributed by atoms with van der Waals surface area (Å²) in [6.45, 7) is 5.46. The van der Waals surface area contributed by atoms with Gasteiger partial charge in [-0.05, 0) is 45.4 Å². The van der Waals surface area contributed by atoms with Crippen molar-refractivity contribution in [2.75, 3.05) is 16.9 Å². The molecule has 0 aromatic carbocycles. The van der Waals surface area contributed by atoms with Crippen molar-refractivity contribution in [1.82, 2.24) is 9.97 Å². The van der Waals surface area contributed by atoms with E-state index in [1.54, 1.807) is 0 Å². The minimum Gasteiger partial charge on any atom is -0.353 e. The second-order valence-corrected chi connectivity index (χ2v) is 6.43. The zero-order chi connectivity index (χ0) is 14.8. The topological polar surface area (TPSA) is 67.1 Å². The van der Waals surface area contributed by atoms with E-state index >= 15 is 0 Å². The molecule has 5 nitrogen and oxygen atoms in total. The normalized spacial score (nSPS) is 22.4. The second-order valence-electron chi connectivity index (χ2n) is 6.43. The lowest BCUT2D eigenvalue weighted by Gasteiger charge is -2.37. The highest BCUT2D eigenvalue weighted by Gasteiger charge is 2.31. The van der Waals surface area contributed by atoms with E-state index in [0.717, 1.165) is 29.6 Å². The molecular formula is C16H27N5. The fourth-order valence-electron chi connectivity index (χ4n) is 3.38. The highest BCUT2D eigenvalue weighted by molar-refractivity contribution is 5.59. The molecule has 3 rings (SSSR count). The SMILES string of the molecule is CCCC1CCCCN1c1nc(C2CC2)nc(NN)c1C. The maximum Gasteiger partial charge on any atom is 0.148 e. The first-order chi connectivity index (χ1) is 10.2. The molecule has 116 valence electrons. The van der Waals surface area contributed by atoms with Crippen molar-refractivity contribution < 1.29 is 0 Å². The Labute approximate surface area is 127 Å². The summed E-state index contributed by atoms with van der Waals surface area (Å²) in [7, 11) is 0. The number of nitrogen functional groups attached to an aromatic ring is 1. The molecule has 1 aliphatic heterocycles. The van der Waals surface area contributed by atoms with Crippen LogP contribution in [-0.4, -0.2) is 22.6 Å². The first kappa shape index (κ1) is 14.6. The van der Waals surface area contributed by atoms with Crippen molar-refractivity contribution in [3.63, 3.8) is 0 Å². The van der Waals surface area contributed by atoms with Crippen LogP contribution in [0.4, 0.5) is 11.6 Å². The smallest absolute Gasteiger partial charge is 0.148 e. The third-order valence-electron chi connectivity index (χ3n) is 4.74. The summed E-state index contributed by atoms with van der Waals surface area (Å²) in [4.78, 5) is 12.0. The van der Waals surface area contributed by atoms with Crippen LogP contribution >= 0.6 is 0 Å². The zero-order valence-corrected chi connectivity index (χ0v) is 13.2. The Balaban J connectivity index is 1.96. The average Bonchev–Trinajstić information content (AvgIpc) is 3.33. The molecule has 1 atom stereocenters. The van der Waals surface area contributed by atoms with Crippen molar-refractivity contribution in [3.8, 4) is 0 Å². The van der Waals surface area contributed by atoms with Gasteiger partial charge in [0.2, 0.25) is 0 Å². The molecular weight excluding hydrogens is 262 g/mol. The van der Waals surface area contributed by atoms with Crippen LogP contribution in [0.2, 0.25) is 0 Å². The molecule has 0 radical (unpaired) electrons. The van der Waals surface area contributed by atoms with Gasteiger partial charge in [-0.15, -0.1) is 0 Å². The van der Waals surface area contributed by atoms with Gasteiger partial charge in [0.1, 0.15) is 17.5 Å². The van der Waals surface area contributed by atoms with Gasteiger partial charge in [-0.1, -0.05) is 13.3 Å². The van der Waals surface area contributed by atoms with E-state index < -0.39 is 0 Å². The van der Waals surface area contributed by atoms with Crippen LogP contribution in [0.25, 0.3) is 0 Å². The van der Waals surface area contributed by atoms with Crippen molar-refractivity contribution in [3.05, 3.63) is 11.4 Å². The van der Waals surface area contributed by atoms with Crippen molar-refractivity contribution in [2.45, 2.75) is 70.8 Å². The molecule has 2 fully saturated rings. The number of hydrogen-bond donors (Lipinski definition) is 2. The summed E-state index contributed by atoms with van der Waals surface area (Å²) >= 11 is 0. The van der Waals surface area contributed by atoms with Crippen molar-refractivity contribution in [2.24, 2.45) is 5.84 Å². The van der Waals surface area contributed by atoms with Gasteiger partial charge in [-0.2, -0.15) is 0 Å². The zero-order valence-electron chi connectivity index (χ0n) is 13.2. The first-order valence-corrected chi connectivity index (χ1v) is 8.36.